The van der Waals surface area contributed by atoms with E-state index in [1.807, 2.05) is 0 Å². The molecule has 0 aliphatic heterocycles. The number of thiophene rings is 1. The summed E-state index contributed by atoms with van der Waals surface area (Å²) in [5, 5.41) is 3.14. The molecule has 21 heavy (non-hydrogen) atoms. The Morgan fingerprint density at radius 2 is 1.86 bits per heavy atom. The van der Waals surface area contributed by atoms with Gasteiger partial charge in [-0.25, -0.2) is 8.78 Å². The van der Waals surface area contributed by atoms with Crippen LogP contribution in [0.5, 0.6) is 0 Å². The molecule has 1 aliphatic rings. The van der Waals surface area contributed by atoms with E-state index in [4.69, 9.17) is 0 Å². The molecular weight excluding hydrogens is 288 g/mol. The van der Waals surface area contributed by atoms with Gasteiger partial charge >= 0.3 is 0 Å². The Morgan fingerprint density at radius 3 is 2.57 bits per heavy atom. The van der Waals surface area contributed by atoms with Gasteiger partial charge < -0.3 is 5.32 Å². The molecule has 3 rings (SSSR count). The summed E-state index contributed by atoms with van der Waals surface area (Å²) in [5.41, 5.74) is 2.12. The molecule has 1 aliphatic carbocycles. The van der Waals surface area contributed by atoms with Crippen LogP contribution in [0.1, 0.15) is 45.3 Å². The minimum Gasteiger partial charge on any atom is -0.309 e. The van der Waals surface area contributed by atoms with Gasteiger partial charge in [0.15, 0.2) is 0 Å². The molecule has 0 radical (unpaired) electrons. The number of nitrogens with one attached hydrogen (secondary N) is 1. The van der Waals surface area contributed by atoms with Gasteiger partial charge in [-0.2, -0.15) is 0 Å². The van der Waals surface area contributed by atoms with E-state index >= 15 is 0 Å². The molecule has 1 atom stereocenters. The van der Waals surface area contributed by atoms with Crippen molar-refractivity contribution in [2.24, 2.45) is 0 Å². The SMILES string of the molecule is CNC(c1cc2c(s1)CCCC2)c1cc(F)c(C)cc1F. The van der Waals surface area contributed by atoms with Crippen molar-refractivity contribution >= 4 is 11.3 Å². The first-order valence-electron chi connectivity index (χ1n) is 7.34. The van der Waals surface area contributed by atoms with Crippen LogP contribution in [-0.4, -0.2) is 7.05 Å². The lowest BCUT2D eigenvalue weighted by molar-refractivity contribution is 0.556. The van der Waals surface area contributed by atoms with E-state index in [-0.39, 0.29) is 17.7 Å². The second-order valence-corrected chi connectivity index (χ2v) is 6.82. The van der Waals surface area contributed by atoms with Crippen molar-refractivity contribution in [3.8, 4) is 0 Å². The van der Waals surface area contributed by atoms with E-state index in [1.54, 1.807) is 25.3 Å². The lowest BCUT2D eigenvalue weighted by atomic mass is 9.97. The van der Waals surface area contributed by atoms with Crippen LogP contribution in [0.25, 0.3) is 0 Å². The van der Waals surface area contributed by atoms with Crippen molar-refractivity contribution in [1.82, 2.24) is 5.32 Å². The highest BCUT2D eigenvalue weighted by Gasteiger charge is 2.22. The molecule has 1 nitrogen and oxygen atoms in total. The van der Waals surface area contributed by atoms with Crippen molar-refractivity contribution in [1.29, 1.82) is 0 Å². The highest BCUT2D eigenvalue weighted by molar-refractivity contribution is 7.12. The molecule has 2 aromatic rings. The molecule has 112 valence electrons. The first-order valence-corrected chi connectivity index (χ1v) is 8.16. The van der Waals surface area contributed by atoms with Gasteiger partial charge in [-0.3, -0.25) is 0 Å². The van der Waals surface area contributed by atoms with Crippen molar-refractivity contribution in [3.63, 3.8) is 0 Å². The fraction of sp³-hybridized carbons (Fsp3) is 0.412. The molecular formula is C17H19F2NS. The number of aryl methyl sites for hydroxylation is 3. The molecule has 0 fully saturated rings. The number of rotatable bonds is 3. The molecule has 4 heteroatoms. The minimum absolute atomic E-state index is 0.282. The minimum atomic E-state index is -0.354. The maximum Gasteiger partial charge on any atom is 0.128 e. The van der Waals surface area contributed by atoms with E-state index in [0.29, 0.717) is 11.1 Å². The van der Waals surface area contributed by atoms with Gasteiger partial charge in [-0.05, 0) is 69.0 Å². The Bertz CT molecular complexity index is 640. The molecule has 1 heterocycles. The molecule has 1 aromatic heterocycles. The Hall–Kier alpha value is -1.26. The number of halogens is 2. The third-order valence-corrected chi connectivity index (χ3v) is 5.48. The first kappa shape index (κ1) is 14.7. The third-order valence-electron chi connectivity index (χ3n) is 4.18. The van der Waals surface area contributed by atoms with Crippen molar-refractivity contribution in [3.05, 3.63) is 56.3 Å². The zero-order valence-electron chi connectivity index (χ0n) is 12.3. The van der Waals surface area contributed by atoms with E-state index in [2.05, 4.69) is 11.4 Å². The summed E-state index contributed by atoms with van der Waals surface area (Å²) in [6.45, 7) is 1.58. The zero-order valence-corrected chi connectivity index (χ0v) is 13.1. The summed E-state index contributed by atoms with van der Waals surface area (Å²) in [7, 11) is 1.79. The van der Waals surface area contributed by atoms with Gasteiger partial charge in [0.05, 0.1) is 6.04 Å². The van der Waals surface area contributed by atoms with Crippen LogP contribution in [0.3, 0.4) is 0 Å². The van der Waals surface area contributed by atoms with E-state index in [9.17, 15) is 8.78 Å². The molecule has 0 saturated heterocycles. The lowest BCUT2D eigenvalue weighted by Crippen LogP contribution is -2.18. The second-order valence-electron chi connectivity index (χ2n) is 5.65. The second kappa shape index (κ2) is 5.85. The predicted molar refractivity (Wildman–Crippen MR) is 83.0 cm³/mol. The number of benzene rings is 1. The zero-order chi connectivity index (χ0) is 15.0. The third kappa shape index (κ3) is 2.74. The summed E-state index contributed by atoms with van der Waals surface area (Å²) in [4.78, 5) is 2.48. The first-order chi connectivity index (χ1) is 10.1. The highest BCUT2D eigenvalue weighted by Crippen LogP contribution is 2.36. The van der Waals surface area contributed by atoms with Crippen LogP contribution < -0.4 is 5.32 Å². The molecule has 1 N–H and O–H groups in total. The average molecular weight is 307 g/mol. The summed E-state index contributed by atoms with van der Waals surface area (Å²) < 4.78 is 28.0. The number of hydrogen-bond donors (Lipinski definition) is 1. The van der Waals surface area contributed by atoms with Crippen LogP contribution in [0, 0.1) is 18.6 Å². The molecule has 0 spiro atoms. The quantitative estimate of drug-likeness (QED) is 0.879. The van der Waals surface area contributed by atoms with Crippen LogP contribution in [0.15, 0.2) is 18.2 Å². The molecule has 0 saturated carbocycles. The Balaban J connectivity index is 2.02. The van der Waals surface area contributed by atoms with Gasteiger partial charge in [0.2, 0.25) is 0 Å². The Labute approximate surface area is 128 Å². The fourth-order valence-electron chi connectivity index (χ4n) is 2.99. The Morgan fingerprint density at radius 1 is 1.10 bits per heavy atom. The summed E-state index contributed by atoms with van der Waals surface area (Å²) in [5.74, 6) is -0.701. The largest absolute Gasteiger partial charge is 0.309 e. The highest BCUT2D eigenvalue weighted by atomic mass is 32.1. The van der Waals surface area contributed by atoms with Crippen LogP contribution in [-0.2, 0) is 12.8 Å². The molecule has 1 aromatic carbocycles. The topological polar surface area (TPSA) is 12.0 Å². The summed E-state index contributed by atoms with van der Waals surface area (Å²) >= 11 is 1.73. The van der Waals surface area contributed by atoms with Crippen molar-refractivity contribution < 1.29 is 8.78 Å². The summed E-state index contributed by atoms with van der Waals surface area (Å²) in [6.07, 6.45) is 4.67. The molecule has 0 bridgehead atoms. The predicted octanol–water partition coefficient (Wildman–Crippen LogP) is 4.52. The van der Waals surface area contributed by atoms with Crippen LogP contribution in [0.2, 0.25) is 0 Å². The monoisotopic (exact) mass is 307 g/mol. The van der Waals surface area contributed by atoms with Crippen molar-refractivity contribution in [2.75, 3.05) is 7.05 Å². The van der Waals surface area contributed by atoms with Crippen molar-refractivity contribution in [2.45, 2.75) is 38.6 Å². The van der Waals surface area contributed by atoms with E-state index < -0.39 is 0 Å². The lowest BCUT2D eigenvalue weighted by Gasteiger charge is -2.16. The number of hydrogen-bond acceptors (Lipinski definition) is 2. The molecule has 1 unspecified atom stereocenters. The molecule has 0 amide bonds. The maximum atomic E-state index is 14.2. The standard InChI is InChI=1S/C17H19F2NS/c1-10-7-14(19)12(9-13(10)18)17(20-2)16-8-11-5-3-4-6-15(11)21-16/h7-9,17,20H,3-6H2,1-2H3. The number of fused-ring (bicyclic) bond motifs is 1. The smallest absolute Gasteiger partial charge is 0.128 e. The maximum absolute atomic E-state index is 14.2. The van der Waals surface area contributed by atoms with Crippen LogP contribution >= 0.6 is 11.3 Å². The Kier molecular flexibility index (Phi) is 4.09. The van der Waals surface area contributed by atoms with Gasteiger partial charge in [-0.15, -0.1) is 11.3 Å². The van der Waals surface area contributed by atoms with Gasteiger partial charge in [0, 0.05) is 15.3 Å². The normalized spacial score (nSPS) is 15.8. The van der Waals surface area contributed by atoms with Crippen LogP contribution in [0.4, 0.5) is 8.78 Å². The fourth-order valence-corrected chi connectivity index (χ4v) is 4.38. The van der Waals surface area contributed by atoms with E-state index in [0.717, 1.165) is 17.7 Å². The van der Waals surface area contributed by atoms with Gasteiger partial charge in [0.1, 0.15) is 11.6 Å². The summed E-state index contributed by atoms with van der Waals surface area (Å²) in [6, 6.07) is 4.49. The average Bonchev–Trinajstić information content (AvgIpc) is 2.88. The van der Waals surface area contributed by atoms with Gasteiger partial charge in [-0.1, -0.05) is 0 Å². The van der Waals surface area contributed by atoms with Gasteiger partial charge in [0.25, 0.3) is 0 Å². The van der Waals surface area contributed by atoms with E-state index in [1.165, 1.54) is 35.4 Å².